The van der Waals surface area contributed by atoms with E-state index in [4.69, 9.17) is 0 Å². The first kappa shape index (κ1) is 12.9. The van der Waals surface area contributed by atoms with Crippen LogP contribution in [0.15, 0.2) is 0 Å². The van der Waals surface area contributed by atoms with Gasteiger partial charge in [0.2, 0.25) is 0 Å². The fourth-order valence-corrected chi connectivity index (χ4v) is 3.71. The maximum absolute atomic E-state index is 9.32. The molecular formula is C15H26N2. The van der Waals surface area contributed by atoms with Crippen molar-refractivity contribution < 1.29 is 0 Å². The van der Waals surface area contributed by atoms with Crippen molar-refractivity contribution >= 4 is 0 Å². The van der Waals surface area contributed by atoms with E-state index in [-0.39, 0.29) is 5.92 Å². The lowest BCUT2D eigenvalue weighted by molar-refractivity contribution is 0.0732. The lowest BCUT2D eigenvalue weighted by Gasteiger charge is -2.42. The molecule has 96 valence electrons. The smallest absolute Gasteiger partial charge is 0.0672 e. The average molecular weight is 234 g/mol. The first-order chi connectivity index (χ1) is 8.22. The molecule has 2 aliphatic carbocycles. The number of hydrogen-bond donors (Lipinski definition) is 0. The molecule has 2 nitrogen and oxygen atoms in total. The van der Waals surface area contributed by atoms with Gasteiger partial charge in [0.25, 0.3) is 0 Å². The SMILES string of the molecule is CC1CCC(C#N)C(N(C)C2CCCCC2)C1. The predicted octanol–water partition coefficient (Wildman–Crippen LogP) is 3.58. The van der Waals surface area contributed by atoms with Crippen LogP contribution >= 0.6 is 0 Å². The van der Waals surface area contributed by atoms with Crippen molar-refractivity contribution in [1.82, 2.24) is 4.90 Å². The van der Waals surface area contributed by atoms with Gasteiger partial charge in [-0.15, -0.1) is 0 Å². The van der Waals surface area contributed by atoms with Crippen LogP contribution in [0.2, 0.25) is 0 Å². The van der Waals surface area contributed by atoms with Gasteiger partial charge in [-0.05, 0) is 45.1 Å². The normalized spacial score (nSPS) is 35.8. The summed E-state index contributed by atoms with van der Waals surface area (Å²) in [6.07, 6.45) is 10.5. The van der Waals surface area contributed by atoms with Crippen LogP contribution in [-0.4, -0.2) is 24.0 Å². The Morgan fingerprint density at radius 1 is 1.06 bits per heavy atom. The molecular weight excluding hydrogens is 208 g/mol. The maximum atomic E-state index is 9.32. The summed E-state index contributed by atoms with van der Waals surface area (Å²) in [7, 11) is 2.27. The third-order valence-electron chi connectivity index (χ3n) is 4.92. The van der Waals surface area contributed by atoms with Crippen molar-refractivity contribution in [3.05, 3.63) is 0 Å². The van der Waals surface area contributed by atoms with E-state index in [0.29, 0.717) is 6.04 Å². The van der Waals surface area contributed by atoms with Crippen LogP contribution in [0.3, 0.4) is 0 Å². The Morgan fingerprint density at radius 2 is 1.76 bits per heavy atom. The Labute approximate surface area is 106 Å². The van der Waals surface area contributed by atoms with E-state index in [0.717, 1.165) is 18.4 Å². The molecule has 0 aromatic carbocycles. The highest BCUT2D eigenvalue weighted by Crippen LogP contribution is 2.34. The molecule has 0 aromatic rings. The van der Waals surface area contributed by atoms with E-state index >= 15 is 0 Å². The topological polar surface area (TPSA) is 27.0 Å². The number of hydrogen-bond acceptors (Lipinski definition) is 2. The summed E-state index contributed by atoms with van der Waals surface area (Å²) in [6.45, 7) is 2.34. The largest absolute Gasteiger partial charge is 0.299 e. The van der Waals surface area contributed by atoms with Gasteiger partial charge < -0.3 is 0 Å². The van der Waals surface area contributed by atoms with Crippen LogP contribution in [0.4, 0.5) is 0 Å². The quantitative estimate of drug-likeness (QED) is 0.730. The highest BCUT2D eigenvalue weighted by Gasteiger charge is 2.34. The molecule has 2 fully saturated rings. The van der Waals surface area contributed by atoms with Gasteiger partial charge in [-0.25, -0.2) is 0 Å². The number of nitrogens with zero attached hydrogens (tertiary/aromatic N) is 2. The van der Waals surface area contributed by atoms with Crippen molar-refractivity contribution in [2.75, 3.05) is 7.05 Å². The lowest BCUT2D eigenvalue weighted by Crippen LogP contribution is -2.47. The zero-order chi connectivity index (χ0) is 12.3. The zero-order valence-corrected chi connectivity index (χ0v) is 11.4. The molecule has 0 N–H and O–H groups in total. The van der Waals surface area contributed by atoms with Crippen molar-refractivity contribution in [2.45, 2.75) is 70.4 Å². The Morgan fingerprint density at radius 3 is 2.41 bits per heavy atom. The van der Waals surface area contributed by atoms with Crippen molar-refractivity contribution in [1.29, 1.82) is 5.26 Å². The van der Waals surface area contributed by atoms with Gasteiger partial charge in [-0.3, -0.25) is 4.90 Å². The molecule has 0 amide bonds. The van der Waals surface area contributed by atoms with E-state index in [2.05, 4.69) is 24.9 Å². The third kappa shape index (κ3) is 3.01. The van der Waals surface area contributed by atoms with Gasteiger partial charge in [0, 0.05) is 12.1 Å². The molecule has 0 radical (unpaired) electrons. The van der Waals surface area contributed by atoms with Crippen LogP contribution in [-0.2, 0) is 0 Å². The molecule has 2 heteroatoms. The van der Waals surface area contributed by atoms with Crippen molar-refractivity contribution in [2.24, 2.45) is 11.8 Å². The summed E-state index contributed by atoms with van der Waals surface area (Å²) in [5.41, 5.74) is 0. The van der Waals surface area contributed by atoms with Crippen molar-refractivity contribution in [3.8, 4) is 6.07 Å². The van der Waals surface area contributed by atoms with Gasteiger partial charge in [-0.1, -0.05) is 26.2 Å². The predicted molar refractivity (Wildman–Crippen MR) is 70.5 cm³/mol. The molecule has 0 aliphatic heterocycles. The second-order valence-electron chi connectivity index (χ2n) is 6.18. The summed E-state index contributed by atoms with van der Waals surface area (Å²) < 4.78 is 0. The fourth-order valence-electron chi connectivity index (χ4n) is 3.71. The first-order valence-corrected chi connectivity index (χ1v) is 7.34. The second-order valence-corrected chi connectivity index (χ2v) is 6.18. The first-order valence-electron chi connectivity index (χ1n) is 7.34. The van der Waals surface area contributed by atoms with Gasteiger partial charge in [-0.2, -0.15) is 5.26 Å². The number of nitriles is 1. The molecule has 0 bridgehead atoms. The van der Waals surface area contributed by atoms with E-state index < -0.39 is 0 Å². The maximum Gasteiger partial charge on any atom is 0.0672 e. The molecule has 0 spiro atoms. The minimum absolute atomic E-state index is 0.276. The van der Waals surface area contributed by atoms with Crippen LogP contribution in [0.25, 0.3) is 0 Å². The van der Waals surface area contributed by atoms with Crippen molar-refractivity contribution in [3.63, 3.8) is 0 Å². The monoisotopic (exact) mass is 234 g/mol. The van der Waals surface area contributed by atoms with E-state index in [1.54, 1.807) is 0 Å². The standard InChI is InChI=1S/C15H26N2/c1-12-8-9-13(11-16)15(10-12)17(2)14-6-4-3-5-7-14/h12-15H,3-10H2,1-2H3. The highest BCUT2D eigenvalue weighted by molar-refractivity contribution is 4.98. The van der Waals surface area contributed by atoms with Crippen LogP contribution < -0.4 is 0 Å². The summed E-state index contributed by atoms with van der Waals surface area (Å²) in [6, 6.07) is 3.82. The molecule has 17 heavy (non-hydrogen) atoms. The summed E-state index contributed by atoms with van der Waals surface area (Å²) in [5.74, 6) is 1.08. The molecule has 2 rings (SSSR count). The average Bonchev–Trinajstić information content (AvgIpc) is 2.39. The summed E-state index contributed by atoms with van der Waals surface area (Å²) >= 11 is 0. The van der Waals surface area contributed by atoms with Gasteiger partial charge in [0.1, 0.15) is 0 Å². The van der Waals surface area contributed by atoms with E-state index in [1.165, 1.54) is 44.9 Å². The number of rotatable bonds is 2. The van der Waals surface area contributed by atoms with E-state index in [1.807, 2.05) is 0 Å². The summed E-state index contributed by atoms with van der Waals surface area (Å²) in [4.78, 5) is 2.56. The lowest BCUT2D eigenvalue weighted by atomic mass is 9.78. The van der Waals surface area contributed by atoms with E-state index in [9.17, 15) is 5.26 Å². The third-order valence-corrected chi connectivity index (χ3v) is 4.92. The molecule has 3 unspecified atom stereocenters. The minimum Gasteiger partial charge on any atom is -0.299 e. The Hall–Kier alpha value is -0.550. The van der Waals surface area contributed by atoms with Crippen LogP contribution in [0.5, 0.6) is 0 Å². The molecule has 3 atom stereocenters. The molecule has 2 saturated carbocycles. The van der Waals surface area contributed by atoms with Crippen LogP contribution in [0, 0.1) is 23.2 Å². The Balaban J connectivity index is 1.99. The minimum atomic E-state index is 0.276. The summed E-state index contributed by atoms with van der Waals surface area (Å²) in [5, 5.41) is 9.32. The zero-order valence-electron chi connectivity index (χ0n) is 11.4. The van der Waals surface area contributed by atoms with Gasteiger partial charge >= 0.3 is 0 Å². The van der Waals surface area contributed by atoms with Gasteiger partial charge in [0.05, 0.1) is 12.0 Å². The van der Waals surface area contributed by atoms with Crippen LogP contribution in [0.1, 0.15) is 58.3 Å². The molecule has 0 saturated heterocycles. The molecule has 0 aromatic heterocycles. The molecule has 2 aliphatic rings. The Kier molecular flexibility index (Phi) is 4.45. The second kappa shape index (κ2) is 5.87. The highest BCUT2D eigenvalue weighted by atomic mass is 15.2. The molecule has 0 heterocycles. The Bertz CT molecular complexity index is 275. The van der Waals surface area contributed by atoms with Gasteiger partial charge in [0.15, 0.2) is 0 Å². The fraction of sp³-hybridized carbons (Fsp3) is 0.933.